The van der Waals surface area contributed by atoms with Crippen molar-refractivity contribution < 1.29 is 28.5 Å². The van der Waals surface area contributed by atoms with Gasteiger partial charge in [-0.15, -0.1) is 0 Å². The molecule has 0 heterocycles. The number of ether oxygens (including phenoxy) is 1. The van der Waals surface area contributed by atoms with E-state index in [2.05, 4.69) is 32.9 Å². The highest BCUT2D eigenvalue weighted by Gasteiger charge is 2.28. The lowest BCUT2D eigenvalue weighted by Crippen LogP contribution is -2.11. The van der Waals surface area contributed by atoms with Crippen molar-refractivity contribution in [2.24, 2.45) is 0 Å². The molecule has 140 valence electrons. The standard InChI is InChI=1S/C16H30O6P2/c1-13(2)7-5-8-14(3)9-6-10-15(4)11-16(24(19,20)21)22-12-23(17)18/h7,9,11,16,23H,5-6,8,10,12H2,1-4H3,(H,17,18)(H2,19,20,21). The fraction of sp³-hybridized carbons (Fsp3) is 0.625. The summed E-state index contributed by atoms with van der Waals surface area (Å²) in [6, 6.07) is 0. The van der Waals surface area contributed by atoms with Gasteiger partial charge in [-0.05, 0) is 59.5 Å². The summed E-state index contributed by atoms with van der Waals surface area (Å²) in [5.41, 5.74) is 3.35. The summed E-state index contributed by atoms with van der Waals surface area (Å²) in [5.74, 6) is -1.47. The summed E-state index contributed by atoms with van der Waals surface area (Å²) < 4.78 is 26.9. The molecule has 2 atom stereocenters. The van der Waals surface area contributed by atoms with E-state index >= 15 is 0 Å². The molecule has 0 aromatic carbocycles. The smallest absolute Gasteiger partial charge is 0.352 e. The summed E-state index contributed by atoms with van der Waals surface area (Å²) in [4.78, 5) is 27.2. The highest BCUT2D eigenvalue weighted by molar-refractivity contribution is 7.52. The molecule has 0 aromatic heterocycles. The van der Waals surface area contributed by atoms with Gasteiger partial charge in [0.25, 0.3) is 0 Å². The van der Waals surface area contributed by atoms with E-state index in [-0.39, 0.29) is 0 Å². The highest BCUT2D eigenvalue weighted by Crippen LogP contribution is 2.44. The van der Waals surface area contributed by atoms with E-state index < -0.39 is 27.8 Å². The molecular formula is C16H30O6P2. The lowest BCUT2D eigenvalue weighted by Gasteiger charge is -2.16. The van der Waals surface area contributed by atoms with Crippen LogP contribution in [0, 0.1) is 0 Å². The molecule has 0 aliphatic rings. The van der Waals surface area contributed by atoms with Gasteiger partial charge in [0.15, 0.2) is 5.85 Å². The Morgan fingerprint density at radius 3 is 2.12 bits per heavy atom. The molecule has 0 aliphatic carbocycles. The second kappa shape index (κ2) is 12.0. The Labute approximate surface area is 145 Å². The maximum Gasteiger partial charge on any atom is 0.357 e. The van der Waals surface area contributed by atoms with Gasteiger partial charge in [-0.3, -0.25) is 9.13 Å². The van der Waals surface area contributed by atoms with Crippen molar-refractivity contribution in [1.29, 1.82) is 0 Å². The minimum absolute atomic E-state index is 0.562. The minimum Gasteiger partial charge on any atom is -0.352 e. The summed E-state index contributed by atoms with van der Waals surface area (Å²) in [5, 5.41) is 0. The van der Waals surface area contributed by atoms with E-state index in [4.69, 9.17) is 9.63 Å². The molecule has 0 amide bonds. The van der Waals surface area contributed by atoms with Gasteiger partial charge in [-0.1, -0.05) is 28.9 Å². The molecule has 0 saturated heterocycles. The molecule has 0 saturated carbocycles. The van der Waals surface area contributed by atoms with Gasteiger partial charge in [0, 0.05) is 0 Å². The summed E-state index contributed by atoms with van der Waals surface area (Å²) in [6.07, 6.45) is 8.52. The SMILES string of the molecule is CC(C)=CCCC(C)=CCCC(C)=CC(OC[PH](=O)O)P(=O)(O)O. The second-order valence-corrected chi connectivity index (χ2v) is 8.87. The van der Waals surface area contributed by atoms with Gasteiger partial charge in [0.05, 0.1) is 0 Å². The summed E-state index contributed by atoms with van der Waals surface area (Å²) in [6.45, 7) is 7.97. The van der Waals surface area contributed by atoms with Crippen LogP contribution in [0.4, 0.5) is 0 Å². The lowest BCUT2D eigenvalue weighted by molar-refractivity contribution is 0.146. The van der Waals surface area contributed by atoms with E-state index in [1.165, 1.54) is 17.2 Å². The number of hydrogen-bond acceptors (Lipinski definition) is 3. The van der Waals surface area contributed by atoms with Crippen LogP contribution in [0.25, 0.3) is 0 Å². The van der Waals surface area contributed by atoms with Crippen molar-refractivity contribution in [1.82, 2.24) is 0 Å². The maximum atomic E-state index is 11.4. The molecule has 0 rings (SSSR count). The molecule has 0 radical (unpaired) electrons. The fourth-order valence-electron chi connectivity index (χ4n) is 1.96. The van der Waals surface area contributed by atoms with Crippen molar-refractivity contribution in [2.45, 2.75) is 59.2 Å². The third-order valence-corrected chi connectivity index (χ3v) is 4.63. The van der Waals surface area contributed by atoms with Gasteiger partial charge >= 0.3 is 7.60 Å². The topological polar surface area (TPSA) is 104 Å². The van der Waals surface area contributed by atoms with E-state index in [0.717, 1.165) is 24.8 Å². The van der Waals surface area contributed by atoms with Crippen molar-refractivity contribution in [3.05, 3.63) is 34.9 Å². The van der Waals surface area contributed by atoms with E-state index in [9.17, 15) is 18.9 Å². The third kappa shape index (κ3) is 12.9. The Bertz CT molecular complexity index is 541. The number of hydrogen-bond donors (Lipinski definition) is 3. The quantitative estimate of drug-likeness (QED) is 0.364. The Hall–Kier alpha value is -0.480. The zero-order chi connectivity index (χ0) is 18.8. The Balaban J connectivity index is 4.56. The molecule has 6 nitrogen and oxygen atoms in total. The highest BCUT2D eigenvalue weighted by atomic mass is 31.2. The molecule has 0 fully saturated rings. The monoisotopic (exact) mass is 380 g/mol. The average molecular weight is 380 g/mol. The van der Waals surface area contributed by atoms with Crippen molar-refractivity contribution in [3.8, 4) is 0 Å². The van der Waals surface area contributed by atoms with E-state index in [0.29, 0.717) is 6.42 Å². The van der Waals surface area contributed by atoms with Gasteiger partial charge in [0.2, 0.25) is 8.03 Å². The van der Waals surface area contributed by atoms with Crippen LogP contribution in [-0.4, -0.2) is 26.9 Å². The molecular weight excluding hydrogens is 350 g/mol. The fourth-order valence-corrected chi connectivity index (χ4v) is 3.14. The number of allylic oxidation sites excluding steroid dienone is 5. The van der Waals surface area contributed by atoms with Gasteiger partial charge in [0.1, 0.15) is 6.35 Å². The minimum atomic E-state index is -4.52. The van der Waals surface area contributed by atoms with Crippen LogP contribution in [0.1, 0.15) is 53.4 Å². The van der Waals surface area contributed by atoms with Crippen molar-refractivity contribution >= 4 is 15.6 Å². The molecule has 24 heavy (non-hydrogen) atoms. The van der Waals surface area contributed by atoms with E-state index in [1.807, 2.05) is 0 Å². The zero-order valence-electron chi connectivity index (χ0n) is 14.9. The van der Waals surface area contributed by atoms with Crippen molar-refractivity contribution in [3.63, 3.8) is 0 Å². The van der Waals surface area contributed by atoms with Crippen LogP contribution in [-0.2, 0) is 13.9 Å². The van der Waals surface area contributed by atoms with Gasteiger partial charge in [-0.25, -0.2) is 0 Å². The normalized spacial score (nSPS) is 16.0. The first kappa shape index (κ1) is 23.5. The molecule has 0 aromatic rings. The summed E-state index contributed by atoms with van der Waals surface area (Å²) in [7, 11) is -7.44. The zero-order valence-corrected chi connectivity index (χ0v) is 16.8. The molecule has 0 bridgehead atoms. The molecule has 0 spiro atoms. The molecule has 0 aliphatic heterocycles. The van der Waals surface area contributed by atoms with E-state index in [1.54, 1.807) is 6.92 Å². The van der Waals surface area contributed by atoms with Crippen LogP contribution >= 0.6 is 15.6 Å². The van der Waals surface area contributed by atoms with Gasteiger partial charge in [-0.2, -0.15) is 0 Å². The van der Waals surface area contributed by atoms with Crippen LogP contribution in [0.2, 0.25) is 0 Å². The first-order chi connectivity index (χ1) is 11.0. The second-order valence-electron chi connectivity index (χ2n) is 6.11. The largest absolute Gasteiger partial charge is 0.357 e. The predicted molar refractivity (Wildman–Crippen MR) is 98.4 cm³/mol. The van der Waals surface area contributed by atoms with Crippen LogP contribution in [0.5, 0.6) is 0 Å². The van der Waals surface area contributed by atoms with Crippen LogP contribution < -0.4 is 0 Å². The third-order valence-electron chi connectivity index (χ3n) is 3.26. The molecule has 8 heteroatoms. The Morgan fingerprint density at radius 1 is 1.08 bits per heavy atom. The summed E-state index contributed by atoms with van der Waals surface area (Å²) >= 11 is 0. The average Bonchev–Trinajstić information content (AvgIpc) is 2.41. The lowest BCUT2D eigenvalue weighted by atomic mass is 10.1. The van der Waals surface area contributed by atoms with Gasteiger partial charge < -0.3 is 19.4 Å². The molecule has 3 N–H and O–H groups in total. The first-order valence-corrected chi connectivity index (χ1v) is 11.1. The van der Waals surface area contributed by atoms with Crippen LogP contribution in [0.3, 0.4) is 0 Å². The Morgan fingerprint density at radius 2 is 1.62 bits per heavy atom. The van der Waals surface area contributed by atoms with Crippen LogP contribution in [0.15, 0.2) is 34.9 Å². The number of rotatable bonds is 11. The Kier molecular flexibility index (Phi) is 11.7. The first-order valence-electron chi connectivity index (χ1n) is 7.87. The molecule has 2 unspecified atom stereocenters. The maximum absolute atomic E-state index is 11.4. The predicted octanol–water partition coefficient (Wildman–Crippen LogP) is 4.35. The van der Waals surface area contributed by atoms with Crippen molar-refractivity contribution in [2.75, 3.05) is 6.35 Å².